The van der Waals surface area contributed by atoms with Gasteiger partial charge in [0.25, 0.3) is 0 Å². The van der Waals surface area contributed by atoms with E-state index in [4.69, 9.17) is 10.00 Å². The molecule has 1 aromatic heterocycles. The minimum Gasteiger partial charge on any atom is -0.462 e. The molecule has 11 heteroatoms. The van der Waals surface area contributed by atoms with Gasteiger partial charge in [0.05, 0.1) is 22.3 Å². The van der Waals surface area contributed by atoms with Crippen molar-refractivity contribution in [1.29, 1.82) is 5.26 Å². The summed E-state index contributed by atoms with van der Waals surface area (Å²) in [5, 5.41) is 14.4. The van der Waals surface area contributed by atoms with Crippen molar-refractivity contribution in [2.75, 3.05) is 25.0 Å². The molecule has 2 heterocycles. The summed E-state index contributed by atoms with van der Waals surface area (Å²) >= 11 is 1.92. The van der Waals surface area contributed by atoms with Crippen LogP contribution in [0.5, 0.6) is 0 Å². The second-order valence-corrected chi connectivity index (χ2v) is 11.4. The van der Waals surface area contributed by atoms with Crippen molar-refractivity contribution in [3.05, 3.63) is 40.3 Å². The van der Waals surface area contributed by atoms with E-state index >= 15 is 0 Å². The number of hydrogen-bond acceptors (Lipinski definition) is 8. The number of aryl methyl sites for hydroxylation is 1. The zero-order chi connectivity index (χ0) is 24.2. The molecule has 0 saturated carbocycles. The van der Waals surface area contributed by atoms with Gasteiger partial charge in [0.2, 0.25) is 15.9 Å². The standard InChI is InChI=1S/C22H25N3O5S3/c1-4-30-22(27)19-15(3)18(31-13-23)21(32-19)24-20(26)16-6-5-11-25(12-16)33(28,29)17-9-7-14(2)8-10-17/h7-10,16H,4-6,11-12H2,1-3H3,(H,24,26). The summed E-state index contributed by atoms with van der Waals surface area (Å²) in [5.41, 5.74) is 1.54. The van der Waals surface area contributed by atoms with E-state index in [2.05, 4.69) is 5.32 Å². The Hall–Kier alpha value is -2.39. The number of thiophene rings is 1. The Morgan fingerprint density at radius 3 is 2.64 bits per heavy atom. The van der Waals surface area contributed by atoms with Crippen LogP contribution in [0.15, 0.2) is 34.1 Å². The van der Waals surface area contributed by atoms with Gasteiger partial charge < -0.3 is 10.1 Å². The number of anilines is 1. The van der Waals surface area contributed by atoms with Crippen LogP contribution in [0.1, 0.15) is 40.6 Å². The third-order valence-corrected chi connectivity index (χ3v) is 9.35. The fourth-order valence-corrected chi connectivity index (χ4v) is 6.92. The molecule has 3 rings (SSSR count). The van der Waals surface area contributed by atoms with E-state index in [-0.39, 0.29) is 24.0 Å². The minimum absolute atomic E-state index is 0.0673. The highest BCUT2D eigenvalue weighted by molar-refractivity contribution is 8.04. The molecule has 2 aromatic rings. The van der Waals surface area contributed by atoms with E-state index in [1.807, 2.05) is 12.3 Å². The molecule has 1 saturated heterocycles. The Kier molecular flexibility index (Phi) is 8.18. The highest BCUT2D eigenvalue weighted by Crippen LogP contribution is 2.40. The number of thioether (sulfide) groups is 1. The number of amides is 1. The van der Waals surface area contributed by atoms with E-state index in [0.717, 1.165) is 28.7 Å². The van der Waals surface area contributed by atoms with E-state index in [1.54, 1.807) is 38.1 Å². The molecule has 0 radical (unpaired) electrons. The Morgan fingerprint density at radius 2 is 2.00 bits per heavy atom. The van der Waals surface area contributed by atoms with Gasteiger partial charge in [-0.1, -0.05) is 17.7 Å². The smallest absolute Gasteiger partial charge is 0.348 e. The molecule has 1 aliphatic heterocycles. The number of carbonyl (C=O) groups excluding carboxylic acids is 2. The van der Waals surface area contributed by atoms with Gasteiger partial charge in [0.1, 0.15) is 15.3 Å². The first-order valence-electron chi connectivity index (χ1n) is 10.4. The van der Waals surface area contributed by atoms with Gasteiger partial charge in [-0.05, 0) is 63.1 Å². The lowest BCUT2D eigenvalue weighted by Gasteiger charge is -2.31. The van der Waals surface area contributed by atoms with Crippen molar-refractivity contribution in [2.24, 2.45) is 5.92 Å². The van der Waals surface area contributed by atoms with Crippen LogP contribution < -0.4 is 5.32 Å². The number of carbonyl (C=O) groups is 2. The highest BCUT2D eigenvalue weighted by atomic mass is 32.2. The second-order valence-electron chi connectivity index (χ2n) is 7.63. The maximum atomic E-state index is 13.1. The molecule has 1 unspecified atom stereocenters. The van der Waals surface area contributed by atoms with Crippen molar-refractivity contribution in [2.45, 2.75) is 43.4 Å². The molecule has 8 nitrogen and oxygen atoms in total. The first kappa shape index (κ1) is 25.2. The maximum absolute atomic E-state index is 13.1. The number of rotatable bonds is 7. The molecular weight excluding hydrogens is 482 g/mol. The first-order valence-corrected chi connectivity index (χ1v) is 13.5. The van der Waals surface area contributed by atoms with Crippen molar-refractivity contribution in [3.8, 4) is 5.40 Å². The summed E-state index contributed by atoms with van der Waals surface area (Å²) in [6, 6.07) is 6.64. The van der Waals surface area contributed by atoms with E-state index in [0.29, 0.717) is 39.7 Å². The maximum Gasteiger partial charge on any atom is 0.348 e. The van der Waals surface area contributed by atoms with Gasteiger partial charge in [-0.15, -0.1) is 11.3 Å². The van der Waals surface area contributed by atoms with Crippen LogP contribution in [-0.2, 0) is 19.6 Å². The molecule has 0 spiro atoms. The monoisotopic (exact) mass is 507 g/mol. The molecule has 33 heavy (non-hydrogen) atoms. The number of nitrogens with one attached hydrogen (secondary N) is 1. The van der Waals surface area contributed by atoms with Gasteiger partial charge in [-0.2, -0.15) is 9.57 Å². The Balaban J connectivity index is 1.79. The minimum atomic E-state index is -3.71. The summed E-state index contributed by atoms with van der Waals surface area (Å²) < 4.78 is 32.5. The fourth-order valence-electron chi connectivity index (χ4n) is 3.59. The number of nitriles is 1. The number of ether oxygens (including phenoxy) is 1. The van der Waals surface area contributed by atoms with Gasteiger partial charge >= 0.3 is 5.97 Å². The average Bonchev–Trinajstić information content (AvgIpc) is 3.10. The van der Waals surface area contributed by atoms with Crippen molar-refractivity contribution < 1.29 is 22.7 Å². The van der Waals surface area contributed by atoms with Crippen LogP contribution in [0.2, 0.25) is 0 Å². The van der Waals surface area contributed by atoms with Crippen LogP contribution >= 0.6 is 23.1 Å². The fraction of sp³-hybridized carbons (Fsp3) is 0.409. The zero-order valence-corrected chi connectivity index (χ0v) is 21.0. The lowest BCUT2D eigenvalue weighted by atomic mass is 9.99. The number of nitrogens with zero attached hydrogens (tertiary/aromatic N) is 2. The van der Waals surface area contributed by atoms with Crippen LogP contribution in [0.25, 0.3) is 0 Å². The Morgan fingerprint density at radius 1 is 1.30 bits per heavy atom. The van der Waals surface area contributed by atoms with Gasteiger partial charge in [-0.3, -0.25) is 4.79 Å². The lowest BCUT2D eigenvalue weighted by Crippen LogP contribution is -2.43. The van der Waals surface area contributed by atoms with Crippen LogP contribution in [0, 0.1) is 30.4 Å². The number of piperidine rings is 1. The largest absolute Gasteiger partial charge is 0.462 e. The number of hydrogen-bond donors (Lipinski definition) is 1. The first-order chi connectivity index (χ1) is 15.7. The quantitative estimate of drug-likeness (QED) is 0.340. The molecule has 1 amide bonds. The molecule has 0 aliphatic carbocycles. The van der Waals surface area contributed by atoms with Crippen LogP contribution in [0.4, 0.5) is 5.00 Å². The SMILES string of the molecule is CCOC(=O)c1sc(NC(=O)C2CCCN(S(=O)(=O)c3ccc(C)cc3)C2)c(SC#N)c1C. The van der Waals surface area contributed by atoms with E-state index < -0.39 is 21.9 Å². The van der Waals surface area contributed by atoms with E-state index in [9.17, 15) is 18.0 Å². The molecule has 1 aromatic carbocycles. The molecule has 1 atom stereocenters. The number of sulfonamides is 1. The zero-order valence-electron chi connectivity index (χ0n) is 18.6. The molecular formula is C22H25N3O5S3. The van der Waals surface area contributed by atoms with Gasteiger partial charge in [0, 0.05) is 13.1 Å². The van der Waals surface area contributed by atoms with Crippen molar-refractivity contribution >= 4 is 50.0 Å². The number of esters is 1. The lowest BCUT2D eigenvalue weighted by molar-refractivity contribution is -0.120. The Bertz CT molecular complexity index is 1180. The van der Waals surface area contributed by atoms with Crippen molar-refractivity contribution in [3.63, 3.8) is 0 Å². The van der Waals surface area contributed by atoms with Crippen molar-refractivity contribution in [1.82, 2.24) is 4.31 Å². The second kappa shape index (κ2) is 10.7. The summed E-state index contributed by atoms with van der Waals surface area (Å²) in [4.78, 5) is 26.3. The number of benzene rings is 1. The molecule has 176 valence electrons. The third kappa shape index (κ3) is 5.58. The predicted octanol–water partition coefficient (Wildman–Crippen LogP) is 4.15. The molecule has 1 N–H and O–H groups in total. The summed E-state index contributed by atoms with van der Waals surface area (Å²) in [6.07, 6.45) is 1.10. The third-order valence-electron chi connectivity index (χ3n) is 5.35. The van der Waals surface area contributed by atoms with Crippen LogP contribution in [0.3, 0.4) is 0 Å². The predicted molar refractivity (Wildman–Crippen MR) is 128 cm³/mol. The normalized spacial score (nSPS) is 16.7. The molecule has 1 fully saturated rings. The summed E-state index contributed by atoms with van der Waals surface area (Å²) in [6.45, 7) is 5.92. The summed E-state index contributed by atoms with van der Waals surface area (Å²) in [5.74, 6) is -1.39. The van der Waals surface area contributed by atoms with Gasteiger partial charge in [0.15, 0.2) is 0 Å². The molecule has 1 aliphatic rings. The highest BCUT2D eigenvalue weighted by Gasteiger charge is 2.34. The van der Waals surface area contributed by atoms with Gasteiger partial charge in [-0.25, -0.2) is 13.2 Å². The Labute approximate surface area is 202 Å². The topological polar surface area (TPSA) is 117 Å². The molecule has 0 bridgehead atoms. The summed E-state index contributed by atoms with van der Waals surface area (Å²) in [7, 11) is -3.71. The van der Waals surface area contributed by atoms with Crippen LogP contribution in [-0.4, -0.2) is 44.3 Å². The van der Waals surface area contributed by atoms with E-state index in [1.165, 1.54) is 4.31 Å². The average molecular weight is 508 g/mol. The number of thiocyanates is 1.